The Morgan fingerprint density at radius 3 is 2.74 bits per heavy atom. The summed E-state index contributed by atoms with van der Waals surface area (Å²) in [6.45, 7) is 2.05. The molecule has 1 amide bonds. The van der Waals surface area contributed by atoms with Crippen LogP contribution in [-0.4, -0.2) is 20.8 Å². The number of carbonyl (C=O) groups is 1. The van der Waals surface area contributed by atoms with Gasteiger partial charge in [0.05, 0.1) is 11.7 Å². The molecule has 6 nitrogen and oxygen atoms in total. The lowest BCUT2D eigenvalue weighted by Crippen LogP contribution is -2.26. The molecule has 1 atom stereocenters. The number of anilines is 1. The van der Waals surface area contributed by atoms with Crippen LogP contribution in [0.4, 0.5) is 10.1 Å². The first-order valence-corrected chi connectivity index (χ1v) is 8.47. The van der Waals surface area contributed by atoms with E-state index in [1.54, 1.807) is 47.6 Å². The summed E-state index contributed by atoms with van der Waals surface area (Å²) in [6.07, 6.45) is 3.15. The Morgan fingerprint density at radius 1 is 1.19 bits per heavy atom. The van der Waals surface area contributed by atoms with Crippen molar-refractivity contribution in [3.63, 3.8) is 0 Å². The van der Waals surface area contributed by atoms with E-state index in [4.69, 9.17) is 10.5 Å². The number of rotatable bonds is 4. The van der Waals surface area contributed by atoms with Gasteiger partial charge in [0.1, 0.15) is 5.75 Å². The van der Waals surface area contributed by atoms with Gasteiger partial charge in [-0.15, -0.1) is 0 Å². The quantitative estimate of drug-likeness (QED) is 0.714. The van der Waals surface area contributed by atoms with Crippen LogP contribution in [0.5, 0.6) is 11.8 Å². The molecule has 0 saturated carbocycles. The molecule has 0 saturated heterocycles. The van der Waals surface area contributed by atoms with Crippen molar-refractivity contribution in [1.29, 1.82) is 0 Å². The third kappa shape index (κ3) is 3.08. The second kappa shape index (κ2) is 6.68. The molecule has 1 aromatic heterocycles. The summed E-state index contributed by atoms with van der Waals surface area (Å²) >= 11 is 0. The topological polar surface area (TPSA) is 81.3 Å². The highest BCUT2D eigenvalue weighted by molar-refractivity contribution is 5.99. The molecule has 4 rings (SSSR count). The molecular weight excluding hydrogens is 347 g/mol. The lowest BCUT2D eigenvalue weighted by Gasteiger charge is -2.22. The van der Waals surface area contributed by atoms with Gasteiger partial charge in [-0.2, -0.15) is 0 Å². The minimum Gasteiger partial charge on any atom is -0.424 e. The molecule has 2 N–H and O–H groups in total. The smallest absolute Gasteiger partial charge is 0.321 e. The van der Waals surface area contributed by atoms with E-state index < -0.39 is 5.82 Å². The van der Waals surface area contributed by atoms with Crippen molar-refractivity contribution in [1.82, 2.24) is 14.9 Å². The van der Waals surface area contributed by atoms with E-state index in [9.17, 15) is 9.18 Å². The Balaban J connectivity index is 1.60. The molecule has 0 spiro atoms. The van der Waals surface area contributed by atoms with Gasteiger partial charge < -0.3 is 15.4 Å². The number of aromatic nitrogens is 2. The minimum atomic E-state index is -0.487. The SMILES string of the molecule is CC1c2ccc(Oc3ncccn3)cc2C(=O)N1Cc1cccc(N)c1F. The van der Waals surface area contributed by atoms with Gasteiger partial charge in [-0.3, -0.25) is 4.79 Å². The van der Waals surface area contributed by atoms with Gasteiger partial charge in [-0.25, -0.2) is 14.4 Å². The van der Waals surface area contributed by atoms with Crippen LogP contribution >= 0.6 is 0 Å². The predicted molar refractivity (Wildman–Crippen MR) is 97.6 cm³/mol. The van der Waals surface area contributed by atoms with E-state index in [-0.39, 0.29) is 30.2 Å². The van der Waals surface area contributed by atoms with Crippen LogP contribution in [0.25, 0.3) is 0 Å². The maximum absolute atomic E-state index is 14.2. The highest BCUT2D eigenvalue weighted by atomic mass is 19.1. The molecule has 7 heteroatoms. The van der Waals surface area contributed by atoms with Gasteiger partial charge in [0.2, 0.25) is 0 Å². The molecule has 136 valence electrons. The third-order valence-electron chi connectivity index (χ3n) is 4.63. The van der Waals surface area contributed by atoms with Gasteiger partial charge in [0.15, 0.2) is 5.82 Å². The number of ether oxygens (including phenoxy) is 1. The van der Waals surface area contributed by atoms with Crippen molar-refractivity contribution in [3.8, 4) is 11.8 Å². The number of nitrogen functional groups attached to an aromatic ring is 1. The van der Waals surface area contributed by atoms with E-state index in [1.165, 1.54) is 6.07 Å². The minimum absolute atomic E-state index is 0.0721. The number of hydrogen-bond donors (Lipinski definition) is 1. The first-order valence-electron chi connectivity index (χ1n) is 8.47. The second-order valence-electron chi connectivity index (χ2n) is 6.31. The third-order valence-corrected chi connectivity index (χ3v) is 4.63. The van der Waals surface area contributed by atoms with E-state index >= 15 is 0 Å². The number of halogens is 1. The Hall–Kier alpha value is -3.48. The molecule has 0 radical (unpaired) electrons. The van der Waals surface area contributed by atoms with Crippen LogP contribution in [0.15, 0.2) is 54.9 Å². The highest BCUT2D eigenvalue weighted by Crippen LogP contribution is 2.37. The fourth-order valence-corrected chi connectivity index (χ4v) is 3.20. The van der Waals surface area contributed by atoms with Crippen molar-refractivity contribution < 1.29 is 13.9 Å². The Labute approximate surface area is 155 Å². The van der Waals surface area contributed by atoms with Crippen LogP contribution in [0.3, 0.4) is 0 Å². The lowest BCUT2D eigenvalue weighted by molar-refractivity contribution is 0.0721. The van der Waals surface area contributed by atoms with Crippen LogP contribution < -0.4 is 10.5 Å². The molecule has 27 heavy (non-hydrogen) atoms. The summed E-state index contributed by atoms with van der Waals surface area (Å²) in [5.74, 6) is -0.199. The average molecular weight is 364 g/mol. The molecule has 2 heterocycles. The zero-order valence-corrected chi connectivity index (χ0v) is 14.6. The van der Waals surface area contributed by atoms with Crippen LogP contribution in [0.2, 0.25) is 0 Å². The molecule has 1 aliphatic heterocycles. The summed E-state index contributed by atoms with van der Waals surface area (Å²) in [7, 11) is 0. The molecular formula is C20H17FN4O2. The maximum atomic E-state index is 14.2. The molecule has 0 fully saturated rings. The normalized spacial score (nSPS) is 15.7. The van der Waals surface area contributed by atoms with Crippen molar-refractivity contribution >= 4 is 11.6 Å². The van der Waals surface area contributed by atoms with Gasteiger partial charge in [-0.05, 0) is 36.8 Å². The summed E-state index contributed by atoms with van der Waals surface area (Å²) < 4.78 is 19.9. The summed E-state index contributed by atoms with van der Waals surface area (Å²) in [5, 5.41) is 0. The first-order chi connectivity index (χ1) is 13.0. The van der Waals surface area contributed by atoms with E-state index in [1.807, 2.05) is 13.0 Å². The van der Waals surface area contributed by atoms with Gasteiger partial charge in [0.25, 0.3) is 5.91 Å². The molecule has 0 bridgehead atoms. The predicted octanol–water partition coefficient (Wildman–Crippen LogP) is 3.71. The van der Waals surface area contributed by atoms with Gasteiger partial charge >= 0.3 is 6.01 Å². The fourth-order valence-electron chi connectivity index (χ4n) is 3.20. The zero-order valence-electron chi connectivity index (χ0n) is 14.6. The van der Waals surface area contributed by atoms with Crippen molar-refractivity contribution in [2.75, 3.05) is 5.73 Å². The van der Waals surface area contributed by atoms with Crippen molar-refractivity contribution in [3.05, 3.63) is 77.4 Å². The number of nitrogens with two attached hydrogens (primary N) is 1. The standard InChI is InChI=1S/C20H17FN4O2/c1-12-15-7-6-14(27-20-23-8-3-9-24-20)10-16(15)19(26)25(12)11-13-4-2-5-17(22)18(13)21/h2-10,12H,11,22H2,1H3. The number of benzene rings is 2. The van der Waals surface area contributed by atoms with E-state index in [0.717, 1.165) is 5.56 Å². The number of nitrogens with zero attached hydrogens (tertiary/aromatic N) is 3. The summed E-state index contributed by atoms with van der Waals surface area (Å²) in [6, 6.07) is 11.8. The zero-order chi connectivity index (χ0) is 19.0. The molecule has 2 aromatic carbocycles. The Morgan fingerprint density at radius 2 is 1.96 bits per heavy atom. The Bertz CT molecular complexity index is 1010. The Kier molecular flexibility index (Phi) is 4.19. The lowest BCUT2D eigenvalue weighted by atomic mass is 10.1. The fraction of sp³-hybridized carbons (Fsp3) is 0.150. The summed E-state index contributed by atoms with van der Waals surface area (Å²) in [5.41, 5.74) is 7.49. The van der Waals surface area contributed by atoms with Crippen molar-refractivity contribution in [2.45, 2.75) is 19.5 Å². The molecule has 3 aromatic rings. The monoisotopic (exact) mass is 364 g/mol. The van der Waals surface area contributed by atoms with Crippen LogP contribution in [0.1, 0.15) is 34.5 Å². The highest BCUT2D eigenvalue weighted by Gasteiger charge is 2.34. The van der Waals surface area contributed by atoms with E-state index in [2.05, 4.69) is 9.97 Å². The average Bonchev–Trinajstić information content (AvgIpc) is 2.91. The van der Waals surface area contributed by atoms with Gasteiger partial charge in [0, 0.05) is 30.1 Å². The summed E-state index contributed by atoms with van der Waals surface area (Å²) in [4.78, 5) is 22.5. The largest absolute Gasteiger partial charge is 0.424 e. The van der Waals surface area contributed by atoms with E-state index in [0.29, 0.717) is 16.9 Å². The number of amides is 1. The number of hydrogen-bond acceptors (Lipinski definition) is 5. The van der Waals surface area contributed by atoms with Crippen LogP contribution in [-0.2, 0) is 6.54 Å². The first kappa shape index (κ1) is 17.0. The maximum Gasteiger partial charge on any atom is 0.321 e. The molecule has 0 aliphatic carbocycles. The second-order valence-corrected chi connectivity index (χ2v) is 6.31. The number of carbonyl (C=O) groups excluding carboxylic acids is 1. The van der Waals surface area contributed by atoms with Crippen molar-refractivity contribution in [2.24, 2.45) is 0 Å². The number of fused-ring (bicyclic) bond motifs is 1. The van der Waals surface area contributed by atoms with Gasteiger partial charge in [-0.1, -0.05) is 18.2 Å². The van der Waals surface area contributed by atoms with Crippen LogP contribution in [0, 0.1) is 5.82 Å². The molecule has 1 aliphatic rings. The molecule has 1 unspecified atom stereocenters.